The van der Waals surface area contributed by atoms with E-state index < -0.39 is 24.3 Å². The molecular weight excluding hydrogens is 558 g/mol. The number of ether oxygens (including phenoxy) is 3. The molecule has 1 aromatic carbocycles. The summed E-state index contributed by atoms with van der Waals surface area (Å²) in [4.78, 5) is 30.1. The van der Waals surface area contributed by atoms with E-state index >= 15 is 0 Å². The third-order valence-electron chi connectivity index (χ3n) is 6.00. The van der Waals surface area contributed by atoms with Gasteiger partial charge in [0.15, 0.2) is 5.75 Å². The Morgan fingerprint density at radius 1 is 1.10 bits per heavy atom. The Labute approximate surface area is 241 Å². The largest absolute Gasteiger partial charge is 0.436 e. The van der Waals surface area contributed by atoms with Crippen molar-refractivity contribution in [3.05, 3.63) is 92.3 Å². The van der Waals surface area contributed by atoms with E-state index in [2.05, 4.69) is 15.8 Å². The highest BCUT2D eigenvalue weighted by Crippen LogP contribution is 2.33. The molecular formula is C30H35F4N3O5. The summed E-state index contributed by atoms with van der Waals surface area (Å²) in [5, 5.41) is 0. The van der Waals surface area contributed by atoms with Crippen molar-refractivity contribution in [2.24, 2.45) is 7.05 Å². The highest BCUT2D eigenvalue weighted by molar-refractivity contribution is 5.68. The fourth-order valence-corrected chi connectivity index (χ4v) is 4.17. The van der Waals surface area contributed by atoms with Crippen molar-refractivity contribution >= 4 is 0 Å². The fraction of sp³-hybridized carbons (Fsp3) is 0.367. The van der Waals surface area contributed by atoms with E-state index in [1.54, 1.807) is 39.1 Å². The SMILES string of the molecule is C.CC(F)F.Cc1cc(Oc2ncccc2OC(F)F)ccc1-c1c(C)c(=O)n(COCC2=CC=CCC2)c(=O)n1C. The number of benzene rings is 1. The Morgan fingerprint density at radius 3 is 2.43 bits per heavy atom. The molecule has 42 heavy (non-hydrogen) atoms. The summed E-state index contributed by atoms with van der Waals surface area (Å²) in [7, 11) is 1.60. The fourth-order valence-electron chi connectivity index (χ4n) is 4.17. The van der Waals surface area contributed by atoms with Gasteiger partial charge >= 0.3 is 12.3 Å². The van der Waals surface area contributed by atoms with Crippen LogP contribution in [0.5, 0.6) is 17.4 Å². The Balaban J connectivity index is 0.00000116. The predicted molar refractivity (Wildman–Crippen MR) is 153 cm³/mol. The zero-order valence-electron chi connectivity index (χ0n) is 23.1. The first-order chi connectivity index (χ1) is 19.5. The molecule has 2 aromatic heterocycles. The number of pyridine rings is 1. The van der Waals surface area contributed by atoms with Gasteiger partial charge in [0.25, 0.3) is 11.4 Å². The van der Waals surface area contributed by atoms with E-state index in [4.69, 9.17) is 9.47 Å². The molecule has 8 nitrogen and oxygen atoms in total. The molecule has 0 atom stereocenters. The maximum absolute atomic E-state index is 13.1. The van der Waals surface area contributed by atoms with Gasteiger partial charge in [0.1, 0.15) is 12.5 Å². The van der Waals surface area contributed by atoms with Crippen LogP contribution < -0.4 is 20.7 Å². The van der Waals surface area contributed by atoms with Crippen LogP contribution in [0.15, 0.2) is 69.9 Å². The van der Waals surface area contributed by atoms with E-state index in [9.17, 15) is 27.2 Å². The summed E-state index contributed by atoms with van der Waals surface area (Å²) < 4.78 is 64.4. The molecule has 0 N–H and O–H groups in total. The first kappa shape index (κ1) is 34.0. The number of hydrogen-bond donors (Lipinski definition) is 0. The van der Waals surface area contributed by atoms with Gasteiger partial charge in [0, 0.05) is 24.4 Å². The Morgan fingerprint density at radius 2 is 1.81 bits per heavy atom. The lowest BCUT2D eigenvalue weighted by molar-refractivity contribution is -0.0513. The van der Waals surface area contributed by atoms with E-state index in [-0.39, 0.29) is 25.8 Å². The summed E-state index contributed by atoms with van der Waals surface area (Å²) in [5.41, 5.74) is 2.39. The van der Waals surface area contributed by atoms with Crippen LogP contribution >= 0.6 is 0 Å². The van der Waals surface area contributed by atoms with Crippen molar-refractivity contribution in [3.63, 3.8) is 0 Å². The Hall–Kier alpha value is -4.19. The molecule has 0 spiro atoms. The standard InChI is InChI=1S/C27H27F2N3O5.C2H4F2.CH4/c1-17-14-20(36-24-22(37-26(28)29)10-7-13-30-24)11-12-21(17)23-18(2)25(33)32(27(34)31(23)3)16-35-15-19-8-5-4-6-9-19;1-2(3)4;/h4-5,7-8,10-14,26H,6,9,15-16H2,1-3H3;2H,1H3;1H4. The second kappa shape index (κ2) is 15.7. The molecule has 4 rings (SSSR count). The van der Waals surface area contributed by atoms with Gasteiger partial charge in [0.2, 0.25) is 6.43 Å². The van der Waals surface area contributed by atoms with Crippen LogP contribution in [-0.2, 0) is 18.5 Å². The van der Waals surface area contributed by atoms with E-state index in [0.29, 0.717) is 34.7 Å². The van der Waals surface area contributed by atoms with Crippen molar-refractivity contribution in [1.82, 2.24) is 14.1 Å². The minimum Gasteiger partial charge on any atom is -0.436 e. The summed E-state index contributed by atoms with van der Waals surface area (Å²) in [6.07, 6.45) is 7.09. The van der Waals surface area contributed by atoms with Crippen molar-refractivity contribution < 1.29 is 31.8 Å². The number of aryl methyl sites for hydroxylation is 1. The number of rotatable bonds is 9. The lowest BCUT2D eigenvalue weighted by Crippen LogP contribution is -2.41. The van der Waals surface area contributed by atoms with Crippen LogP contribution in [0.25, 0.3) is 11.3 Å². The third-order valence-corrected chi connectivity index (χ3v) is 6.00. The van der Waals surface area contributed by atoms with Gasteiger partial charge in [-0.15, -0.1) is 0 Å². The van der Waals surface area contributed by atoms with Gasteiger partial charge in [-0.3, -0.25) is 9.36 Å². The Kier molecular flexibility index (Phi) is 12.7. The topological polar surface area (TPSA) is 84.6 Å². The average Bonchev–Trinajstić information content (AvgIpc) is 2.92. The average molecular weight is 594 g/mol. The second-order valence-electron chi connectivity index (χ2n) is 9.10. The second-order valence-corrected chi connectivity index (χ2v) is 9.10. The van der Waals surface area contributed by atoms with E-state index in [0.717, 1.165) is 29.9 Å². The number of allylic oxidation sites excluding steroid dienone is 3. The molecule has 12 heteroatoms. The molecule has 0 unspecified atom stereocenters. The number of alkyl halides is 4. The van der Waals surface area contributed by atoms with Gasteiger partial charge < -0.3 is 14.2 Å². The monoisotopic (exact) mass is 593 g/mol. The van der Waals surface area contributed by atoms with Crippen LogP contribution in [0.2, 0.25) is 0 Å². The summed E-state index contributed by atoms with van der Waals surface area (Å²) in [6, 6.07) is 7.76. The lowest BCUT2D eigenvalue weighted by Gasteiger charge is -2.18. The molecule has 1 aliphatic rings. The van der Waals surface area contributed by atoms with E-state index in [1.807, 2.05) is 12.2 Å². The number of nitrogens with zero attached hydrogens (tertiary/aromatic N) is 3. The number of aromatic nitrogens is 3. The molecule has 0 saturated carbocycles. The highest BCUT2D eigenvalue weighted by atomic mass is 19.3. The molecule has 0 aliphatic heterocycles. The van der Waals surface area contributed by atoms with Gasteiger partial charge in [-0.1, -0.05) is 25.7 Å². The minimum atomic E-state index is -3.02. The maximum atomic E-state index is 13.1. The first-order valence-electron chi connectivity index (χ1n) is 12.7. The summed E-state index contributed by atoms with van der Waals surface area (Å²) >= 11 is 0. The molecule has 3 aromatic rings. The molecule has 228 valence electrons. The third kappa shape index (κ3) is 8.90. The molecule has 0 bridgehead atoms. The normalized spacial score (nSPS) is 12.4. The predicted octanol–water partition coefficient (Wildman–Crippen LogP) is 6.78. The zero-order valence-corrected chi connectivity index (χ0v) is 23.1. The molecule has 2 heterocycles. The summed E-state index contributed by atoms with van der Waals surface area (Å²) in [6.45, 7) is 1.47. The smallest absolute Gasteiger partial charge is 0.387 e. The number of halogens is 4. The number of hydrogen-bond acceptors (Lipinski definition) is 6. The minimum absolute atomic E-state index is 0. The molecule has 0 amide bonds. The van der Waals surface area contributed by atoms with Crippen molar-refractivity contribution in [2.75, 3.05) is 6.61 Å². The highest BCUT2D eigenvalue weighted by Gasteiger charge is 2.19. The van der Waals surface area contributed by atoms with Gasteiger partial charge in [-0.2, -0.15) is 8.78 Å². The maximum Gasteiger partial charge on any atom is 0.387 e. The molecule has 0 radical (unpaired) electrons. The van der Waals surface area contributed by atoms with Gasteiger partial charge in [0.05, 0.1) is 12.3 Å². The summed E-state index contributed by atoms with van der Waals surface area (Å²) in [5.74, 6) is 0.0241. The van der Waals surface area contributed by atoms with Crippen LogP contribution in [-0.4, -0.2) is 33.8 Å². The Bertz CT molecular complexity index is 1490. The van der Waals surface area contributed by atoms with Crippen LogP contribution in [0.1, 0.15) is 38.3 Å². The van der Waals surface area contributed by atoms with Crippen molar-refractivity contribution in [3.8, 4) is 28.6 Å². The molecule has 1 aliphatic carbocycles. The van der Waals surface area contributed by atoms with Crippen molar-refractivity contribution in [1.29, 1.82) is 0 Å². The van der Waals surface area contributed by atoms with Crippen LogP contribution in [0.3, 0.4) is 0 Å². The van der Waals surface area contributed by atoms with Gasteiger partial charge in [-0.25, -0.2) is 23.1 Å². The van der Waals surface area contributed by atoms with E-state index in [1.165, 1.54) is 22.9 Å². The van der Waals surface area contributed by atoms with Crippen LogP contribution in [0, 0.1) is 13.8 Å². The lowest BCUT2D eigenvalue weighted by atomic mass is 10.0. The molecule has 0 saturated heterocycles. The van der Waals surface area contributed by atoms with Gasteiger partial charge in [-0.05, 0) is 75.1 Å². The molecule has 0 fully saturated rings. The van der Waals surface area contributed by atoms with Crippen molar-refractivity contribution in [2.45, 2.75) is 60.8 Å². The zero-order chi connectivity index (χ0) is 30.1. The first-order valence-corrected chi connectivity index (χ1v) is 12.7. The quantitative estimate of drug-likeness (QED) is 0.255. The van der Waals surface area contributed by atoms with Crippen LogP contribution in [0.4, 0.5) is 17.6 Å².